The first-order valence-electron chi connectivity index (χ1n) is 9.83. The minimum absolute atomic E-state index is 0.103. The lowest BCUT2D eigenvalue weighted by molar-refractivity contribution is 0.144. The summed E-state index contributed by atoms with van der Waals surface area (Å²) in [5.41, 5.74) is 3.31. The summed E-state index contributed by atoms with van der Waals surface area (Å²) in [4.78, 5) is 26.8. The monoisotopic (exact) mass is 357 g/mol. The molecule has 4 bridgehead atoms. The number of benzene rings is 2. The molecular formula is C22H19N3O2. The van der Waals surface area contributed by atoms with Crippen molar-refractivity contribution in [3.8, 4) is 5.69 Å². The van der Waals surface area contributed by atoms with E-state index >= 15 is 0 Å². The Balaban J connectivity index is 1.53. The van der Waals surface area contributed by atoms with E-state index in [4.69, 9.17) is 0 Å². The zero-order valence-electron chi connectivity index (χ0n) is 14.8. The van der Waals surface area contributed by atoms with E-state index < -0.39 is 0 Å². The summed E-state index contributed by atoms with van der Waals surface area (Å²) in [5, 5.41) is 0. The van der Waals surface area contributed by atoms with Gasteiger partial charge < -0.3 is 0 Å². The lowest BCUT2D eigenvalue weighted by Crippen LogP contribution is -2.43. The number of hydrogen-bond donors (Lipinski definition) is 0. The molecular weight excluding hydrogens is 338 g/mol. The maximum absolute atomic E-state index is 13.4. The average Bonchev–Trinajstić information content (AvgIpc) is 3.35. The van der Waals surface area contributed by atoms with Gasteiger partial charge in [0.1, 0.15) is 0 Å². The number of hydrogen-bond acceptors (Lipinski definition) is 2. The SMILES string of the molecule is O=c1n(-c2ccccc2)c(=O)n2n1C1CC3c4ccccc4C1C2C31CC1. The highest BCUT2D eigenvalue weighted by Crippen LogP contribution is 2.77. The van der Waals surface area contributed by atoms with Crippen molar-refractivity contribution < 1.29 is 0 Å². The Hall–Kier alpha value is -2.82. The molecule has 1 aromatic heterocycles. The molecule has 3 aromatic rings. The number of nitrogens with zero attached hydrogens (tertiary/aromatic N) is 3. The Kier molecular flexibility index (Phi) is 2.30. The third-order valence-electron chi connectivity index (χ3n) is 7.67. The van der Waals surface area contributed by atoms with Gasteiger partial charge in [0, 0.05) is 11.3 Å². The Bertz CT molecular complexity index is 1230. The van der Waals surface area contributed by atoms with Crippen molar-refractivity contribution in [1.29, 1.82) is 0 Å². The lowest BCUT2D eigenvalue weighted by Gasteiger charge is -2.48. The normalized spacial score (nSPS) is 30.4. The van der Waals surface area contributed by atoms with Crippen molar-refractivity contribution >= 4 is 0 Å². The number of rotatable bonds is 1. The zero-order chi connectivity index (χ0) is 17.9. The van der Waals surface area contributed by atoms with Crippen molar-refractivity contribution in [2.75, 3.05) is 0 Å². The first-order valence-corrected chi connectivity index (χ1v) is 9.83. The molecule has 4 atom stereocenters. The van der Waals surface area contributed by atoms with Crippen LogP contribution < -0.4 is 11.4 Å². The molecule has 134 valence electrons. The summed E-state index contributed by atoms with van der Waals surface area (Å²) in [6.07, 6.45) is 3.31. The molecule has 5 nitrogen and oxygen atoms in total. The standard InChI is InChI=1S/C22H19N3O2/c26-20-23(13-6-2-1-3-7-13)21(27)25-19-18-15-9-5-4-8-14(15)16(22(19)10-11-22)12-17(18)24(20)25/h1-9,16-19H,10-12H2. The predicted octanol–water partition coefficient (Wildman–Crippen LogP) is 2.96. The van der Waals surface area contributed by atoms with Crippen molar-refractivity contribution in [2.45, 2.75) is 43.2 Å². The topological polar surface area (TPSA) is 48.9 Å². The maximum Gasteiger partial charge on any atom is 0.352 e. The smallest absolute Gasteiger partial charge is 0.245 e. The second-order valence-electron chi connectivity index (χ2n) is 8.61. The fraction of sp³-hybridized carbons (Fsp3) is 0.364. The molecule has 2 fully saturated rings. The van der Waals surface area contributed by atoms with Gasteiger partial charge in [0.05, 0.1) is 17.8 Å². The quantitative estimate of drug-likeness (QED) is 0.672. The van der Waals surface area contributed by atoms with Crippen molar-refractivity contribution in [3.63, 3.8) is 0 Å². The van der Waals surface area contributed by atoms with Crippen LogP contribution in [0, 0.1) is 5.41 Å². The zero-order valence-corrected chi connectivity index (χ0v) is 14.8. The van der Waals surface area contributed by atoms with Gasteiger partial charge in [-0.15, -0.1) is 0 Å². The van der Waals surface area contributed by atoms with Crippen molar-refractivity contribution in [3.05, 3.63) is 86.7 Å². The molecule has 8 rings (SSSR count). The van der Waals surface area contributed by atoms with Gasteiger partial charge in [0.2, 0.25) is 0 Å². The maximum atomic E-state index is 13.4. The molecule has 0 amide bonds. The minimum Gasteiger partial charge on any atom is -0.245 e. The Morgan fingerprint density at radius 3 is 2.22 bits per heavy atom. The molecule has 4 unspecified atom stereocenters. The van der Waals surface area contributed by atoms with Crippen molar-refractivity contribution in [1.82, 2.24) is 13.9 Å². The van der Waals surface area contributed by atoms with Crippen LogP contribution in [0.2, 0.25) is 0 Å². The molecule has 5 heteroatoms. The van der Waals surface area contributed by atoms with Crippen molar-refractivity contribution in [2.24, 2.45) is 5.41 Å². The van der Waals surface area contributed by atoms with Gasteiger partial charge >= 0.3 is 11.4 Å². The average molecular weight is 357 g/mol. The molecule has 0 radical (unpaired) electrons. The van der Waals surface area contributed by atoms with Crippen LogP contribution in [0.5, 0.6) is 0 Å². The molecule has 1 spiro atoms. The van der Waals surface area contributed by atoms with Crippen LogP contribution >= 0.6 is 0 Å². The largest absolute Gasteiger partial charge is 0.352 e. The number of fused-ring (bicyclic) bond motifs is 1. The highest BCUT2D eigenvalue weighted by molar-refractivity contribution is 5.47. The van der Waals surface area contributed by atoms with E-state index in [0.717, 1.165) is 19.3 Å². The molecule has 4 aliphatic carbocycles. The van der Waals surface area contributed by atoms with E-state index in [0.29, 0.717) is 11.6 Å². The molecule has 0 saturated heterocycles. The van der Waals surface area contributed by atoms with E-state index in [1.54, 1.807) is 4.68 Å². The summed E-state index contributed by atoms with van der Waals surface area (Å²) in [6.45, 7) is 0. The highest BCUT2D eigenvalue weighted by atomic mass is 16.2. The summed E-state index contributed by atoms with van der Waals surface area (Å²) >= 11 is 0. The Morgan fingerprint density at radius 2 is 1.48 bits per heavy atom. The first-order chi connectivity index (χ1) is 13.2. The second kappa shape index (κ2) is 4.35. The van der Waals surface area contributed by atoms with Gasteiger partial charge in [-0.3, -0.25) is 0 Å². The van der Waals surface area contributed by atoms with Gasteiger partial charge in [-0.05, 0) is 48.4 Å². The fourth-order valence-electron chi connectivity index (χ4n) is 6.60. The van der Waals surface area contributed by atoms with Crippen LogP contribution in [0.15, 0.2) is 64.2 Å². The predicted molar refractivity (Wildman–Crippen MR) is 101 cm³/mol. The molecule has 27 heavy (non-hydrogen) atoms. The van der Waals surface area contributed by atoms with E-state index in [9.17, 15) is 9.59 Å². The Morgan fingerprint density at radius 1 is 0.815 bits per heavy atom. The van der Waals surface area contributed by atoms with Gasteiger partial charge in [0.15, 0.2) is 0 Å². The molecule has 2 heterocycles. The van der Waals surface area contributed by atoms with Crippen LogP contribution in [0.3, 0.4) is 0 Å². The van der Waals surface area contributed by atoms with E-state index in [1.165, 1.54) is 15.7 Å². The van der Waals surface area contributed by atoms with Crippen LogP contribution in [0.4, 0.5) is 0 Å². The van der Waals surface area contributed by atoms with Crippen LogP contribution in [-0.4, -0.2) is 13.9 Å². The molecule has 2 saturated carbocycles. The molecule has 5 aliphatic rings. The summed E-state index contributed by atoms with van der Waals surface area (Å²) in [7, 11) is 0. The molecule has 0 N–H and O–H groups in total. The summed E-state index contributed by atoms with van der Waals surface area (Å²) in [6, 6.07) is 18.3. The summed E-state index contributed by atoms with van der Waals surface area (Å²) in [5.74, 6) is 0.740. The minimum atomic E-state index is -0.181. The van der Waals surface area contributed by atoms with Gasteiger partial charge in [-0.25, -0.2) is 23.5 Å². The van der Waals surface area contributed by atoms with Crippen LogP contribution in [0.1, 0.15) is 54.3 Å². The van der Waals surface area contributed by atoms with Crippen LogP contribution in [0.25, 0.3) is 5.69 Å². The van der Waals surface area contributed by atoms with E-state index in [1.807, 2.05) is 35.0 Å². The first kappa shape index (κ1) is 14.3. The van der Waals surface area contributed by atoms with Gasteiger partial charge in [-0.1, -0.05) is 42.5 Å². The second-order valence-corrected chi connectivity index (χ2v) is 8.61. The number of aromatic nitrogens is 3. The van der Waals surface area contributed by atoms with E-state index in [2.05, 4.69) is 24.3 Å². The molecule has 1 aliphatic heterocycles. The third-order valence-corrected chi connectivity index (χ3v) is 7.67. The van der Waals surface area contributed by atoms with Gasteiger partial charge in [0.25, 0.3) is 0 Å². The lowest BCUT2D eigenvalue weighted by atomic mass is 9.56. The van der Waals surface area contributed by atoms with Crippen LogP contribution in [-0.2, 0) is 0 Å². The van der Waals surface area contributed by atoms with Gasteiger partial charge in [-0.2, -0.15) is 0 Å². The fourth-order valence-corrected chi connectivity index (χ4v) is 6.60. The number of para-hydroxylation sites is 1. The van der Waals surface area contributed by atoms with E-state index in [-0.39, 0.29) is 34.8 Å². The highest BCUT2D eigenvalue weighted by Gasteiger charge is 2.70. The third kappa shape index (κ3) is 1.43. The Labute approximate surface area is 155 Å². The molecule has 2 aromatic carbocycles. The summed E-state index contributed by atoms with van der Waals surface area (Å²) < 4.78 is 5.01.